The molecule has 0 spiro atoms. The zero-order valence-corrected chi connectivity index (χ0v) is 10.1. The highest BCUT2D eigenvalue weighted by atomic mass is 19.1. The number of halogens is 1. The first kappa shape index (κ1) is 11.8. The van der Waals surface area contributed by atoms with E-state index in [4.69, 9.17) is 5.73 Å². The quantitative estimate of drug-likeness (QED) is 0.882. The molecule has 3 nitrogen and oxygen atoms in total. The van der Waals surface area contributed by atoms with E-state index in [1.807, 2.05) is 26.0 Å². The molecule has 0 unspecified atom stereocenters. The number of aromatic nitrogens is 2. The maximum absolute atomic E-state index is 14.0. The van der Waals surface area contributed by atoms with Crippen molar-refractivity contribution >= 4 is 0 Å². The van der Waals surface area contributed by atoms with Gasteiger partial charge in [-0.2, -0.15) is 5.10 Å². The van der Waals surface area contributed by atoms with Crippen LogP contribution in [0.2, 0.25) is 0 Å². The zero-order valence-electron chi connectivity index (χ0n) is 10.1. The highest BCUT2D eigenvalue weighted by molar-refractivity contribution is 5.26. The fourth-order valence-corrected chi connectivity index (χ4v) is 1.91. The molecule has 2 aromatic rings. The van der Waals surface area contributed by atoms with Crippen molar-refractivity contribution in [2.45, 2.75) is 26.9 Å². The average molecular weight is 233 g/mol. The molecule has 1 heterocycles. The van der Waals surface area contributed by atoms with Crippen LogP contribution >= 0.6 is 0 Å². The third-order valence-electron chi connectivity index (χ3n) is 2.80. The van der Waals surface area contributed by atoms with Crippen LogP contribution in [0.25, 0.3) is 0 Å². The minimum Gasteiger partial charge on any atom is -0.326 e. The number of benzene rings is 1. The summed E-state index contributed by atoms with van der Waals surface area (Å²) in [5, 5.41) is 4.32. The number of aryl methyl sites for hydroxylation is 2. The van der Waals surface area contributed by atoms with Gasteiger partial charge >= 0.3 is 0 Å². The van der Waals surface area contributed by atoms with Gasteiger partial charge in [0.05, 0.1) is 12.2 Å². The average Bonchev–Trinajstić information content (AvgIpc) is 2.60. The molecule has 0 aliphatic rings. The van der Waals surface area contributed by atoms with Crippen molar-refractivity contribution < 1.29 is 4.39 Å². The van der Waals surface area contributed by atoms with E-state index in [-0.39, 0.29) is 12.4 Å². The van der Waals surface area contributed by atoms with Gasteiger partial charge < -0.3 is 5.73 Å². The topological polar surface area (TPSA) is 43.8 Å². The van der Waals surface area contributed by atoms with E-state index in [0.717, 1.165) is 11.4 Å². The molecule has 2 N–H and O–H groups in total. The number of nitrogens with zero attached hydrogens (tertiary/aromatic N) is 2. The van der Waals surface area contributed by atoms with E-state index in [9.17, 15) is 4.39 Å². The third-order valence-corrected chi connectivity index (χ3v) is 2.80. The van der Waals surface area contributed by atoms with Gasteiger partial charge in [-0.05, 0) is 19.9 Å². The maximum atomic E-state index is 14.0. The minimum atomic E-state index is -0.220. The van der Waals surface area contributed by atoms with Crippen LogP contribution in [0.1, 0.15) is 22.5 Å². The predicted molar refractivity (Wildman–Crippen MR) is 65.1 cm³/mol. The Morgan fingerprint density at radius 2 is 2.00 bits per heavy atom. The Kier molecular flexibility index (Phi) is 3.24. The van der Waals surface area contributed by atoms with Crippen molar-refractivity contribution in [3.8, 4) is 0 Å². The molecule has 0 aliphatic carbocycles. The summed E-state index contributed by atoms with van der Waals surface area (Å²) in [4.78, 5) is 0. The van der Waals surface area contributed by atoms with Crippen LogP contribution in [0, 0.1) is 19.7 Å². The van der Waals surface area contributed by atoms with Gasteiger partial charge in [-0.15, -0.1) is 0 Å². The third kappa shape index (κ3) is 2.36. The molecule has 2 rings (SSSR count). The van der Waals surface area contributed by atoms with E-state index in [0.29, 0.717) is 17.7 Å². The van der Waals surface area contributed by atoms with Gasteiger partial charge in [0.1, 0.15) is 5.82 Å². The Morgan fingerprint density at radius 3 is 2.59 bits per heavy atom. The zero-order chi connectivity index (χ0) is 12.4. The first-order chi connectivity index (χ1) is 8.11. The maximum Gasteiger partial charge on any atom is 0.132 e. The summed E-state index contributed by atoms with van der Waals surface area (Å²) in [6, 6.07) is 7.28. The van der Waals surface area contributed by atoms with Crippen LogP contribution in [0.5, 0.6) is 0 Å². The molecule has 0 fully saturated rings. The lowest BCUT2D eigenvalue weighted by Gasteiger charge is -2.08. The monoisotopic (exact) mass is 233 g/mol. The van der Waals surface area contributed by atoms with Crippen LogP contribution < -0.4 is 5.73 Å². The number of rotatable bonds is 3. The molecule has 0 saturated carbocycles. The summed E-state index contributed by atoms with van der Waals surface area (Å²) < 4.78 is 15.8. The van der Waals surface area contributed by atoms with Crippen molar-refractivity contribution in [2.24, 2.45) is 5.73 Å². The van der Waals surface area contributed by atoms with Crippen LogP contribution in [0.3, 0.4) is 0 Å². The molecule has 4 heteroatoms. The molecule has 90 valence electrons. The van der Waals surface area contributed by atoms with E-state index >= 15 is 0 Å². The lowest BCUT2D eigenvalue weighted by Crippen LogP contribution is -2.08. The molecular weight excluding hydrogens is 217 g/mol. The minimum absolute atomic E-state index is 0.219. The van der Waals surface area contributed by atoms with Gasteiger partial charge in [-0.3, -0.25) is 4.68 Å². The van der Waals surface area contributed by atoms with Crippen LogP contribution in [0.15, 0.2) is 24.3 Å². The number of hydrogen-bond acceptors (Lipinski definition) is 2. The van der Waals surface area contributed by atoms with Gasteiger partial charge in [0.15, 0.2) is 0 Å². The molecule has 1 aromatic heterocycles. The second-order valence-corrected chi connectivity index (χ2v) is 4.18. The summed E-state index contributed by atoms with van der Waals surface area (Å²) >= 11 is 0. The largest absolute Gasteiger partial charge is 0.326 e. The number of hydrogen-bond donors (Lipinski definition) is 1. The van der Waals surface area contributed by atoms with E-state index in [1.54, 1.807) is 16.8 Å². The fraction of sp³-hybridized carbons (Fsp3) is 0.308. The van der Waals surface area contributed by atoms with Gasteiger partial charge in [0, 0.05) is 23.4 Å². The second-order valence-electron chi connectivity index (χ2n) is 4.18. The van der Waals surface area contributed by atoms with Crippen molar-refractivity contribution in [3.05, 3.63) is 52.6 Å². The standard InChI is InChI=1S/C13H16FN3/c1-9-6-10(2)17(16-9)8-12-5-3-4-11(7-15)13(12)14/h3-6H,7-8,15H2,1-2H3. The highest BCUT2D eigenvalue weighted by Gasteiger charge is 2.09. The van der Waals surface area contributed by atoms with Gasteiger partial charge in [-0.25, -0.2) is 4.39 Å². The Hall–Kier alpha value is -1.68. The second kappa shape index (κ2) is 4.67. The highest BCUT2D eigenvalue weighted by Crippen LogP contribution is 2.15. The van der Waals surface area contributed by atoms with E-state index in [1.165, 1.54) is 0 Å². The number of nitrogens with two attached hydrogens (primary N) is 1. The van der Waals surface area contributed by atoms with E-state index < -0.39 is 0 Å². The Morgan fingerprint density at radius 1 is 1.29 bits per heavy atom. The van der Waals surface area contributed by atoms with Gasteiger partial charge in [-0.1, -0.05) is 18.2 Å². The summed E-state index contributed by atoms with van der Waals surface area (Å²) in [6.07, 6.45) is 0. The fourth-order valence-electron chi connectivity index (χ4n) is 1.91. The Bertz CT molecular complexity index is 531. The normalized spacial score (nSPS) is 10.8. The van der Waals surface area contributed by atoms with Gasteiger partial charge in [0.2, 0.25) is 0 Å². The molecule has 0 radical (unpaired) electrons. The Labute approximate surface area is 100 Å². The van der Waals surface area contributed by atoms with Crippen LogP contribution in [-0.4, -0.2) is 9.78 Å². The summed E-state index contributed by atoms with van der Waals surface area (Å²) in [7, 11) is 0. The summed E-state index contributed by atoms with van der Waals surface area (Å²) in [5.74, 6) is -0.220. The summed E-state index contributed by atoms with van der Waals surface area (Å²) in [6.45, 7) is 4.55. The SMILES string of the molecule is Cc1cc(C)n(Cc2cccc(CN)c2F)n1. The lowest BCUT2D eigenvalue weighted by molar-refractivity contribution is 0.567. The molecule has 1 aromatic carbocycles. The van der Waals surface area contributed by atoms with Crippen LogP contribution in [-0.2, 0) is 13.1 Å². The molecule has 0 atom stereocenters. The first-order valence-electron chi connectivity index (χ1n) is 5.59. The lowest BCUT2D eigenvalue weighted by atomic mass is 10.1. The van der Waals surface area contributed by atoms with Crippen molar-refractivity contribution in [2.75, 3.05) is 0 Å². The van der Waals surface area contributed by atoms with Crippen molar-refractivity contribution in [1.82, 2.24) is 9.78 Å². The molecule has 0 bridgehead atoms. The molecular formula is C13H16FN3. The molecule has 0 amide bonds. The van der Waals surface area contributed by atoms with Crippen LogP contribution in [0.4, 0.5) is 4.39 Å². The summed E-state index contributed by atoms with van der Waals surface area (Å²) in [5.41, 5.74) is 8.62. The molecule has 0 aliphatic heterocycles. The van der Waals surface area contributed by atoms with Gasteiger partial charge in [0.25, 0.3) is 0 Å². The van der Waals surface area contributed by atoms with Crippen molar-refractivity contribution in [3.63, 3.8) is 0 Å². The Balaban J connectivity index is 2.33. The smallest absolute Gasteiger partial charge is 0.132 e. The van der Waals surface area contributed by atoms with E-state index in [2.05, 4.69) is 5.10 Å². The molecule has 0 saturated heterocycles. The first-order valence-corrected chi connectivity index (χ1v) is 5.59. The van der Waals surface area contributed by atoms with Crippen molar-refractivity contribution in [1.29, 1.82) is 0 Å². The molecule has 17 heavy (non-hydrogen) atoms. The predicted octanol–water partition coefficient (Wildman–Crippen LogP) is 2.15.